The number of hydrogen-bond donors (Lipinski definition) is 0. The fraction of sp³-hybridized carbons (Fsp3) is 0.500. The second kappa shape index (κ2) is 9.76. The molecular weight excluding hydrogens is 372 g/mol. The van der Waals surface area contributed by atoms with E-state index >= 15 is 0 Å². The normalized spacial score (nSPS) is 17.5. The highest BCUT2D eigenvalue weighted by Crippen LogP contribution is 2.21. The van der Waals surface area contributed by atoms with Crippen LogP contribution in [0.1, 0.15) is 51.9 Å². The molecule has 30 heavy (non-hydrogen) atoms. The molecule has 160 valence electrons. The van der Waals surface area contributed by atoms with Gasteiger partial charge in [0.05, 0.1) is 0 Å². The highest BCUT2D eigenvalue weighted by molar-refractivity contribution is 5.94. The number of benzene rings is 2. The van der Waals surface area contributed by atoms with Gasteiger partial charge in [0.25, 0.3) is 5.91 Å². The van der Waals surface area contributed by atoms with Gasteiger partial charge in [0.1, 0.15) is 0 Å². The predicted molar refractivity (Wildman–Crippen MR) is 121 cm³/mol. The molecule has 1 fully saturated rings. The molecule has 1 amide bonds. The molecule has 0 atom stereocenters. The van der Waals surface area contributed by atoms with Crippen molar-refractivity contribution in [2.75, 3.05) is 32.8 Å². The summed E-state index contributed by atoms with van der Waals surface area (Å²) < 4.78 is 5.56. The van der Waals surface area contributed by atoms with Gasteiger partial charge in [-0.1, -0.05) is 41.5 Å². The van der Waals surface area contributed by atoms with Crippen LogP contribution in [0.15, 0.2) is 42.5 Å². The Bertz CT molecular complexity index is 853. The van der Waals surface area contributed by atoms with Crippen molar-refractivity contribution in [3.8, 4) is 0 Å². The molecule has 2 aliphatic rings. The number of ether oxygens (including phenoxy) is 1. The summed E-state index contributed by atoms with van der Waals surface area (Å²) in [6.07, 6.45) is 4.01. The molecule has 0 unspecified atom stereocenters. The van der Waals surface area contributed by atoms with Crippen molar-refractivity contribution in [1.82, 2.24) is 9.80 Å². The standard InChI is InChI=1S/C26H34N2O2/c1-20-16-21(2)18-24(17-20)26(29)28(25-9-14-30-15-10-25)12-5-11-27-13-8-22-6-3-4-7-23(22)19-27/h3-4,6-7,16-18,25H,5,8-15,19H2,1-2H3. The lowest BCUT2D eigenvalue weighted by Gasteiger charge is -2.35. The van der Waals surface area contributed by atoms with E-state index in [9.17, 15) is 4.79 Å². The quantitative estimate of drug-likeness (QED) is 0.714. The fourth-order valence-electron chi connectivity index (χ4n) is 4.92. The number of carbonyl (C=O) groups is 1. The number of amides is 1. The summed E-state index contributed by atoms with van der Waals surface area (Å²) in [5, 5.41) is 0. The maximum Gasteiger partial charge on any atom is 0.254 e. The molecule has 4 heteroatoms. The molecule has 0 radical (unpaired) electrons. The van der Waals surface area contributed by atoms with Gasteiger partial charge in [-0.15, -0.1) is 0 Å². The van der Waals surface area contributed by atoms with E-state index in [1.807, 2.05) is 12.1 Å². The third-order valence-electron chi connectivity index (χ3n) is 6.44. The first kappa shape index (κ1) is 21.1. The molecule has 1 saturated heterocycles. The number of nitrogens with zero attached hydrogens (tertiary/aromatic N) is 2. The van der Waals surface area contributed by atoms with Gasteiger partial charge in [0, 0.05) is 51.0 Å². The van der Waals surface area contributed by atoms with Crippen LogP contribution >= 0.6 is 0 Å². The molecule has 2 aliphatic heterocycles. The fourth-order valence-corrected chi connectivity index (χ4v) is 4.92. The Kier molecular flexibility index (Phi) is 6.86. The minimum absolute atomic E-state index is 0.178. The molecule has 0 spiro atoms. The molecule has 0 N–H and O–H groups in total. The van der Waals surface area contributed by atoms with Gasteiger partial charge in [-0.05, 0) is 62.8 Å². The first-order valence-electron chi connectivity index (χ1n) is 11.4. The lowest BCUT2D eigenvalue weighted by Crippen LogP contribution is -2.45. The summed E-state index contributed by atoms with van der Waals surface area (Å²) in [4.78, 5) is 18.1. The Morgan fingerprint density at radius 3 is 2.50 bits per heavy atom. The van der Waals surface area contributed by atoms with Crippen LogP contribution in [0.25, 0.3) is 0 Å². The van der Waals surface area contributed by atoms with Gasteiger partial charge >= 0.3 is 0 Å². The summed E-state index contributed by atoms with van der Waals surface area (Å²) in [5.41, 5.74) is 6.07. The third kappa shape index (κ3) is 5.11. The summed E-state index contributed by atoms with van der Waals surface area (Å²) >= 11 is 0. The van der Waals surface area contributed by atoms with Crippen LogP contribution in [-0.4, -0.2) is 54.6 Å². The summed E-state index contributed by atoms with van der Waals surface area (Å²) in [7, 11) is 0. The van der Waals surface area contributed by atoms with E-state index in [0.29, 0.717) is 0 Å². The SMILES string of the molecule is Cc1cc(C)cc(C(=O)N(CCCN2CCc3ccccc3C2)C2CCOCC2)c1. The average molecular weight is 407 g/mol. The zero-order valence-corrected chi connectivity index (χ0v) is 18.4. The molecule has 4 rings (SSSR count). The van der Waals surface area contributed by atoms with Gasteiger partial charge in [0.15, 0.2) is 0 Å². The lowest BCUT2D eigenvalue weighted by atomic mass is 9.99. The van der Waals surface area contributed by atoms with Crippen LogP contribution in [0.2, 0.25) is 0 Å². The topological polar surface area (TPSA) is 32.8 Å². The van der Waals surface area contributed by atoms with E-state index in [0.717, 1.165) is 81.8 Å². The number of fused-ring (bicyclic) bond motifs is 1. The molecule has 4 nitrogen and oxygen atoms in total. The zero-order chi connectivity index (χ0) is 20.9. The molecule has 2 aromatic carbocycles. The first-order chi connectivity index (χ1) is 14.6. The minimum Gasteiger partial charge on any atom is -0.381 e. The Labute approximate surface area is 180 Å². The summed E-state index contributed by atoms with van der Waals surface area (Å²) in [6, 6.07) is 15.3. The van der Waals surface area contributed by atoms with E-state index in [4.69, 9.17) is 4.74 Å². The Morgan fingerprint density at radius 2 is 1.77 bits per heavy atom. The van der Waals surface area contributed by atoms with Crippen molar-refractivity contribution < 1.29 is 9.53 Å². The lowest BCUT2D eigenvalue weighted by molar-refractivity contribution is 0.0279. The highest BCUT2D eigenvalue weighted by atomic mass is 16.5. The van der Waals surface area contributed by atoms with Crippen LogP contribution < -0.4 is 0 Å². The Balaban J connectivity index is 1.41. The van der Waals surface area contributed by atoms with Crippen molar-refractivity contribution in [3.63, 3.8) is 0 Å². The van der Waals surface area contributed by atoms with Gasteiger partial charge in [-0.3, -0.25) is 9.69 Å². The average Bonchev–Trinajstić information content (AvgIpc) is 2.76. The van der Waals surface area contributed by atoms with Crippen molar-refractivity contribution in [1.29, 1.82) is 0 Å². The first-order valence-corrected chi connectivity index (χ1v) is 11.4. The summed E-state index contributed by atoms with van der Waals surface area (Å²) in [5.74, 6) is 0.178. The molecule has 0 aliphatic carbocycles. The smallest absolute Gasteiger partial charge is 0.254 e. The van der Waals surface area contributed by atoms with E-state index in [1.165, 1.54) is 11.1 Å². The minimum atomic E-state index is 0.178. The monoisotopic (exact) mass is 406 g/mol. The maximum absolute atomic E-state index is 13.5. The largest absolute Gasteiger partial charge is 0.381 e. The van der Waals surface area contributed by atoms with Crippen molar-refractivity contribution >= 4 is 5.91 Å². The third-order valence-corrected chi connectivity index (χ3v) is 6.44. The van der Waals surface area contributed by atoms with E-state index in [-0.39, 0.29) is 11.9 Å². The van der Waals surface area contributed by atoms with Gasteiger partial charge in [-0.25, -0.2) is 0 Å². The Morgan fingerprint density at radius 1 is 1.07 bits per heavy atom. The van der Waals surface area contributed by atoms with Crippen LogP contribution in [0.5, 0.6) is 0 Å². The van der Waals surface area contributed by atoms with E-state index in [2.05, 4.69) is 54.0 Å². The molecule has 0 saturated carbocycles. The van der Waals surface area contributed by atoms with Gasteiger partial charge in [0.2, 0.25) is 0 Å². The second-order valence-electron chi connectivity index (χ2n) is 8.87. The number of rotatable bonds is 6. The van der Waals surface area contributed by atoms with Crippen LogP contribution in [-0.2, 0) is 17.7 Å². The number of aryl methyl sites for hydroxylation is 2. The van der Waals surface area contributed by atoms with Crippen LogP contribution in [0, 0.1) is 13.8 Å². The van der Waals surface area contributed by atoms with Crippen LogP contribution in [0.3, 0.4) is 0 Å². The molecular formula is C26H34N2O2. The molecule has 0 aromatic heterocycles. The van der Waals surface area contributed by atoms with Crippen LogP contribution in [0.4, 0.5) is 0 Å². The molecule has 2 heterocycles. The van der Waals surface area contributed by atoms with Gasteiger partial charge < -0.3 is 9.64 Å². The zero-order valence-electron chi connectivity index (χ0n) is 18.4. The van der Waals surface area contributed by atoms with E-state index in [1.54, 1.807) is 0 Å². The second-order valence-corrected chi connectivity index (χ2v) is 8.87. The predicted octanol–water partition coefficient (Wildman–Crippen LogP) is 4.37. The molecule has 2 aromatic rings. The number of carbonyl (C=O) groups excluding carboxylic acids is 1. The van der Waals surface area contributed by atoms with Crippen molar-refractivity contribution in [2.45, 2.75) is 52.1 Å². The van der Waals surface area contributed by atoms with E-state index < -0.39 is 0 Å². The van der Waals surface area contributed by atoms with Crippen molar-refractivity contribution in [2.24, 2.45) is 0 Å². The van der Waals surface area contributed by atoms with Crippen molar-refractivity contribution in [3.05, 3.63) is 70.3 Å². The highest BCUT2D eigenvalue weighted by Gasteiger charge is 2.27. The number of hydrogen-bond acceptors (Lipinski definition) is 3. The Hall–Kier alpha value is -2.17. The summed E-state index contributed by atoms with van der Waals surface area (Å²) in [6.45, 7) is 9.63. The maximum atomic E-state index is 13.5. The molecule has 0 bridgehead atoms. The van der Waals surface area contributed by atoms with Gasteiger partial charge in [-0.2, -0.15) is 0 Å².